The molecule has 1 saturated heterocycles. The summed E-state index contributed by atoms with van der Waals surface area (Å²) in [7, 11) is -3.89. The van der Waals surface area contributed by atoms with Crippen molar-refractivity contribution in [1.82, 2.24) is 0 Å². The topological polar surface area (TPSA) is 61.8 Å². The van der Waals surface area contributed by atoms with E-state index in [4.69, 9.17) is 13.6 Å². The zero-order valence-corrected chi connectivity index (χ0v) is 31.6. The van der Waals surface area contributed by atoms with E-state index in [1.165, 1.54) is 0 Å². The van der Waals surface area contributed by atoms with Crippen molar-refractivity contribution in [2.24, 2.45) is 41.4 Å². The van der Waals surface area contributed by atoms with E-state index in [-0.39, 0.29) is 34.2 Å². The number of esters is 1. The van der Waals surface area contributed by atoms with Gasteiger partial charge in [-0.3, -0.25) is 9.59 Å². The van der Waals surface area contributed by atoms with E-state index in [1.54, 1.807) is 0 Å². The van der Waals surface area contributed by atoms with Gasteiger partial charge in [0.2, 0.25) is 0 Å². The predicted molar refractivity (Wildman–Crippen MR) is 181 cm³/mol. The zero-order chi connectivity index (χ0) is 32.1. The smallest absolute Gasteiger partial charge is 0.306 e. The van der Waals surface area contributed by atoms with E-state index < -0.39 is 16.6 Å². The highest BCUT2D eigenvalue weighted by atomic mass is 28.4. The fourth-order valence-corrected chi connectivity index (χ4v) is 11.1. The molecule has 5 nitrogen and oxygen atoms in total. The molecule has 4 aliphatic rings. The maximum absolute atomic E-state index is 13.2. The summed E-state index contributed by atoms with van der Waals surface area (Å²) < 4.78 is 20.4. The highest BCUT2D eigenvalue weighted by Gasteiger charge is 2.57. The number of carbonyl (C=O) groups is 2. The van der Waals surface area contributed by atoms with Crippen LogP contribution in [0.2, 0.25) is 36.3 Å². The number of ether oxygens (including phenoxy) is 1. The molecule has 246 valence electrons. The molecule has 0 spiro atoms. The van der Waals surface area contributed by atoms with Crippen molar-refractivity contribution >= 4 is 28.4 Å². The first-order valence-corrected chi connectivity index (χ1v) is 23.3. The molecule has 3 aliphatic carbocycles. The molecule has 10 atom stereocenters. The Morgan fingerprint density at radius 1 is 0.930 bits per heavy atom. The van der Waals surface area contributed by atoms with Gasteiger partial charge >= 0.3 is 5.97 Å². The molecule has 4 rings (SSSR count). The number of Topliss-reactive ketones (excluding diaryl/α,β-unsaturated/α-hetero) is 1. The third-order valence-corrected chi connectivity index (χ3v) is 21.9. The van der Waals surface area contributed by atoms with E-state index in [1.807, 2.05) is 6.92 Å². The first-order chi connectivity index (χ1) is 19.8. The van der Waals surface area contributed by atoms with Crippen molar-refractivity contribution < 1.29 is 23.2 Å². The average molecular weight is 633 g/mol. The summed E-state index contributed by atoms with van der Waals surface area (Å²) in [4.78, 5) is 25.4. The molecule has 1 aliphatic heterocycles. The van der Waals surface area contributed by atoms with Crippen LogP contribution in [-0.4, -0.2) is 46.7 Å². The first-order valence-electron chi connectivity index (χ1n) is 17.5. The number of carbonyl (C=O) groups excluding carboxylic acids is 2. The van der Waals surface area contributed by atoms with Gasteiger partial charge in [0.15, 0.2) is 16.6 Å². The Hall–Kier alpha value is -0.766. The molecule has 43 heavy (non-hydrogen) atoms. The van der Waals surface area contributed by atoms with Crippen LogP contribution in [0, 0.1) is 41.4 Å². The Morgan fingerprint density at radius 2 is 1.58 bits per heavy atom. The van der Waals surface area contributed by atoms with Crippen LogP contribution in [0.1, 0.15) is 107 Å². The number of rotatable bonds is 11. The summed E-state index contributed by atoms with van der Waals surface area (Å²) in [5.74, 6) is 3.40. The molecule has 0 amide bonds. The first kappa shape index (κ1) is 35.1. The summed E-state index contributed by atoms with van der Waals surface area (Å²) in [6, 6.07) is 0. The van der Waals surface area contributed by atoms with Crippen LogP contribution in [0.4, 0.5) is 0 Å². The van der Waals surface area contributed by atoms with Crippen molar-refractivity contribution in [3.8, 4) is 0 Å². The summed E-state index contributed by atoms with van der Waals surface area (Å²) in [5.41, 5.74) is 0. The van der Waals surface area contributed by atoms with Crippen molar-refractivity contribution in [3.05, 3.63) is 12.2 Å². The van der Waals surface area contributed by atoms with Gasteiger partial charge in [0.05, 0.1) is 6.10 Å². The molecule has 2 saturated carbocycles. The zero-order valence-electron chi connectivity index (χ0n) is 29.6. The second-order valence-electron chi connectivity index (χ2n) is 17.7. The van der Waals surface area contributed by atoms with Crippen molar-refractivity contribution in [3.63, 3.8) is 0 Å². The van der Waals surface area contributed by atoms with Crippen molar-refractivity contribution in [2.75, 3.05) is 0 Å². The van der Waals surface area contributed by atoms with Gasteiger partial charge in [-0.05, 0) is 98.0 Å². The SMILES string of the molecule is CCC(=O)CCC[C@H](O[Si](C)(C)C(C)(C)C)[C@@H](C)[C@@H]1OC(=O)C[C@H]2[C@@H]3C=C[C@@H]4C[C@@H](O[Si](C)(C)C(C)(C)C)C[C@H]4[C@@H]3C[C@H]21. The van der Waals surface area contributed by atoms with Gasteiger partial charge in [-0.15, -0.1) is 0 Å². The second-order valence-corrected chi connectivity index (χ2v) is 27.2. The summed E-state index contributed by atoms with van der Waals surface area (Å²) in [5, 5.41) is 0.305. The molecule has 0 unspecified atom stereocenters. The molecule has 3 fully saturated rings. The van der Waals surface area contributed by atoms with Gasteiger partial charge in [0.25, 0.3) is 0 Å². The summed E-state index contributed by atoms with van der Waals surface area (Å²) in [6.07, 6.45) is 12.0. The minimum Gasteiger partial charge on any atom is -0.462 e. The largest absolute Gasteiger partial charge is 0.462 e. The van der Waals surface area contributed by atoms with Gasteiger partial charge in [0, 0.05) is 37.2 Å². The van der Waals surface area contributed by atoms with Crippen LogP contribution < -0.4 is 0 Å². The molecular formula is C36H64O5Si2. The number of hydrogen-bond donors (Lipinski definition) is 0. The van der Waals surface area contributed by atoms with E-state index in [9.17, 15) is 9.59 Å². The number of ketones is 1. The Morgan fingerprint density at radius 3 is 2.19 bits per heavy atom. The third kappa shape index (κ3) is 7.46. The fraction of sp³-hybridized carbons (Fsp3) is 0.889. The molecular weight excluding hydrogens is 569 g/mol. The highest BCUT2D eigenvalue weighted by molar-refractivity contribution is 6.74. The monoisotopic (exact) mass is 632 g/mol. The van der Waals surface area contributed by atoms with Crippen LogP contribution in [0.5, 0.6) is 0 Å². The van der Waals surface area contributed by atoms with Gasteiger partial charge in [-0.1, -0.05) is 67.5 Å². The maximum atomic E-state index is 13.2. The Labute approximate surface area is 265 Å². The lowest BCUT2D eigenvalue weighted by Gasteiger charge is -2.45. The molecule has 0 aromatic heterocycles. The van der Waals surface area contributed by atoms with Crippen molar-refractivity contribution in [2.45, 2.75) is 161 Å². The third-order valence-electron chi connectivity index (χ3n) is 12.9. The van der Waals surface area contributed by atoms with E-state index in [0.29, 0.717) is 66.7 Å². The highest BCUT2D eigenvalue weighted by Crippen LogP contribution is 2.59. The lowest BCUT2D eigenvalue weighted by molar-refractivity contribution is -0.170. The quantitative estimate of drug-likeness (QED) is 0.129. The van der Waals surface area contributed by atoms with Crippen LogP contribution in [0.3, 0.4) is 0 Å². The fourth-order valence-electron chi connectivity index (χ4n) is 8.24. The van der Waals surface area contributed by atoms with Gasteiger partial charge in [0.1, 0.15) is 11.9 Å². The normalized spacial score (nSPS) is 34.3. The van der Waals surface area contributed by atoms with Crippen LogP contribution in [-0.2, 0) is 23.2 Å². The summed E-state index contributed by atoms with van der Waals surface area (Å²) in [6.45, 7) is 27.5. The molecule has 0 aromatic carbocycles. The average Bonchev–Trinajstić information content (AvgIpc) is 3.46. The Balaban J connectivity index is 1.53. The Kier molecular flexibility index (Phi) is 10.4. The number of allylic oxidation sites excluding steroid dienone is 2. The van der Waals surface area contributed by atoms with Gasteiger partial charge < -0.3 is 13.6 Å². The van der Waals surface area contributed by atoms with Crippen molar-refractivity contribution in [1.29, 1.82) is 0 Å². The second kappa shape index (κ2) is 12.8. The standard InChI is InChI=1S/C36H64O5Si2/c1-13-25(37)15-14-16-32(41-43(11,12)36(6,7)8)23(2)34-31-21-29-27(30(31)22-33(38)39-34)18-17-24-19-26(20-28(24)29)40-42(9,10)35(3,4)5/h17-18,23-24,26-32,34H,13-16,19-22H2,1-12H3/t23-,24-,26-,27-,28-,29-,30+,31-,32+,34+/m1/s1. The van der Waals surface area contributed by atoms with Crippen LogP contribution in [0.25, 0.3) is 0 Å². The van der Waals surface area contributed by atoms with E-state index in [0.717, 1.165) is 32.1 Å². The number of hydrogen-bond acceptors (Lipinski definition) is 5. The lowest BCUT2D eigenvalue weighted by atomic mass is 9.71. The molecule has 1 heterocycles. The minimum absolute atomic E-state index is 0.0122. The van der Waals surface area contributed by atoms with E-state index >= 15 is 0 Å². The molecule has 0 aromatic rings. The minimum atomic E-state index is -2.07. The van der Waals surface area contributed by atoms with Crippen LogP contribution in [0.15, 0.2) is 12.2 Å². The molecule has 7 heteroatoms. The van der Waals surface area contributed by atoms with Crippen LogP contribution >= 0.6 is 0 Å². The number of cyclic esters (lactones) is 1. The molecule has 0 bridgehead atoms. The molecule has 0 N–H and O–H groups in total. The molecule has 0 radical (unpaired) electrons. The Bertz CT molecular complexity index is 1040. The maximum Gasteiger partial charge on any atom is 0.306 e. The summed E-state index contributed by atoms with van der Waals surface area (Å²) >= 11 is 0. The lowest BCUT2D eigenvalue weighted by Crippen LogP contribution is -2.50. The van der Waals surface area contributed by atoms with E-state index in [2.05, 4.69) is 86.8 Å². The van der Waals surface area contributed by atoms with Gasteiger partial charge in [-0.2, -0.15) is 0 Å². The predicted octanol–water partition coefficient (Wildman–Crippen LogP) is 9.33. The van der Waals surface area contributed by atoms with Gasteiger partial charge in [-0.25, -0.2) is 0 Å². The number of fused-ring (bicyclic) bond motifs is 5.